The number of benzene rings is 1. The van der Waals surface area contributed by atoms with Gasteiger partial charge < -0.3 is 14.8 Å². The molecule has 0 bridgehead atoms. The fourth-order valence-electron chi connectivity index (χ4n) is 1.40. The van der Waals surface area contributed by atoms with Gasteiger partial charge in [-0.25, -0.2) is 14.0 Å². The van der Waals surface area contributed by atoms with Gasteiger partial charge in [0.05, 0.1) is 22.5 Å². The Hall–Kier alpha value is -1.84. The molecule has 1 aromatic rings. The van der Waals surface area contributed by atoms with E-state index in [0.29, 0.717) is 0 Å². The van der Waals surface area contributed by atoms with Gasteiger partial charge in [-0.3, -0.25) is 0 Å². The third kappa shape index (κ3) is 4.57. The average Bonchev–Trinajstić information content (AvgIpc) is 2.39. The minimum Gasteiger partial charge on any atom is -0.591 e. The number of amides is 2. The molecule has 0 radical (unpaired) electrons. The van der Waals surface area contributed by atoms with Crippen molar-refractivity contribution in [3.05, 3.63) is 28.5 Å². The van der Waals surface area contributed by atoms with E-state index < -0.39 is 39.8 Å². The Morgan fingerprint density at radius 2 is 1.87 bits per heavy atom. The maximum Gasteiger partial charge on any atom is 0.421 e. The standard InChI is InChI=1S/C13H14ClFN2O5S/c1-13(2,3)23(22)16-6-7-8(14)4-5-9(10(7)15)17(11(18)19)12(20)21/h4-6H,1-3H3,(H,18,19)(H,20,21)/t23-/m0/s1. The molecule has 23 heavy (non-hydrogen) atoms. The summed E-state index contributed by atoms with van der Waals surface area (Å²) in [6.07, 6.45) is -2.86. The van der Waals surface area contributed by atoms with Crippen molar-refractivity contribution in [1.29, 1.82) is 0 Å². The summed E-state index contributed by atoms with van der Waals surface area (Å²) in [6, 6.07) is 2.04. The molecule has 2 N–H and O–H groups in total. The lowest BCUT2D eigenvalue weighted by molar-refractivity contribution is 0.184. The van der Waals surface area contributed by atoms with Crippen LogP contribution in [0, 0.1) is 5.82 Å². The number of carboxylic acid groups (broad SMARTS) is 2. The molecule has 0 saturated carbocycles. The highest BCUT2D eigenvalue weighted by Gasteiger charge is 2.29. The largest absolute Gasteiger partial charge is 0.591 e. The molecular formula is C13H14ClFN2O5S. The van der Waals surface area contributed by atoms with Crippen molar-refractivity contribution >= 4 is 47.1 Å². The zero-order valence-corrected chi connectivity index (χ0v) is 14.0. The van der Waals surface area contributed by atoms with Gasteiger partial charge in [-0.05, 0) is 32.9 Å². The number of halogens is 2. The molecule has 1 aromatic carbocycles. The first-order valence-corrected chi connectivity index (χ1v) is 7.65. The lowest BCUT2D eigenvalue weighted by Gasteiger charge is -2.18. The molecule has 7 nitrogen and oxygen atoms in total. The summed E-state index contributed by atoms with van der Waals surface area (Å²) >= 11 is 4.13. The molecule has 1 atom stereocenters. The Labute approximate surface area is 139 Å². The molecule has 0 aliphatic carbocycles. The summed E-state index contributed by atoms with van der Waals surface area (Å²) in [4.78, 5) is 21.7. The van der Waals surface area contributed by atoms with E-state index in [0.717, 1.165) is 18.3 Å². The van der Waals surface area contributed by atoms with Gasteiger partial charge in [-0.2, -0.15) is 4.90 Å². The predicted molar refractivity (Wildman–Crippen MR) is 85.4 cm³/mol. The van der Waals surface area contributed by atoms with Crippen LogP contribution in [0.5, 0.6) is 0 Å². The highest BCUT2D eigenvalue weighted by Crippen LogP contribution is 2.28. The molecule has 2 amide bonds. The van der Waals surface area contributed by atoms with Crippen molar-refractivity contribution in [2.45, 2.75) is 25.5 Å². The van der Waals surface area contributed by atoms with Gasteiger partial charge in [0.25, 0.3) is 0 Å². The number of hydrogen-bond donors (Lipinski definition) is 2. The Morgan fingerprint density at radius 3 is 2.30 bits per heavy atom. The zero-order valence-electron chi connectivity index (χ0n) is 12.4. The van der Waals surface area contributed by atoms with Gasteiger partial charge >= 0.3 is 12.2 Å². The van der Waals surface area contributed by atoms with Crippen LogP contribution in [0.4, 0.5) is 19.7 Å². The minimum atomic E-state index is -1.88. The lowest BCUT2D eigenvalue weighted by Crippen LogP contribution is -2.35. The Bertz CT molecular complexity index is 649. The maximum absolute atomic E-state index is 14.4. The van der Waals surface area contributed by atoms with Crippen LogP contribution in [-0.4, -0.2) is 37.9 Å². The van der Waals surface area contributed by atoms with Crippen molar-refractivity contribution in [2.24, 2.45) is 4.40 Å². The van der Waals surface area contributed by atoms with Gasteiger partial charge in [0.15, 0.2) is 5.82 Å². The summed E-state index contributed by atoms with van der Waals surface area (Å²) in [5, 5.41) is 17.6. The summed E-state index contributed by atoms with van der Waals surface area (Å²) in [6.45, 7) is 4.97. The smallest absolute Gasteiger partial charge is 0.421 e. The summed E-state index contributed by atoms with van der Waals surface area (Å²) < 4.78 is 29.3. The van der Waals surface area contributed by atoms with Gasteiger partial charge in [0, 0.05) is 0 Å². The van der Waals surface area contributed by atoms with E-state index in [-0.39, 0.29) is 15.5 Å². The number of nitrogens with zero attached hydrogens (tertiary/aromatic N) is 2. The van der Waals surface area contributed by atoms with Crippen molar-refractivity contribution in [3.8, 4) is 0 Å². The molecule has 126 valence electrons. The molecular weight excluding hydrogens is 351 g/mol. The van der Waals surface area contributed by atoms with Crippen molar-refractivity contribution < 1.29 is 28.7 Å². The number of imide groups is 1. The molecule has 0 fully saturated rings. The van der Waals surface area contributed by atoms with E-state index in [1.165, 1.54) is 0 Å². The van der Waals surface area contributed by atoms with Crippen LogP contribution in [0.2, 0.25) is 5.02 Å². The number of hydrogen-bond acceptors (Lipinski definition) is 4. The van der Waals surface area contributed by atoms with E-state index in [4.69, 9.17) is 21.8 Å². The SMILES string of the molecule is CC(C)(C)[S@+]([O-])N=Cc1c(Cl)ccc(N(C(=O)O)C(=O)O)c1F. The number of carbonyl (C=O) groups is 2. The third-order valence-electron chi connectivity index (χ3n) is 2.53. The number of anilines is 1. The molecule has 0 heterocycles. The van der Waals surface area contributed by atoms with Crippen LogP contribution < -0.4 is 4.90 Å². The topological polar surface area (TPSA) is 113 Å². The van der Waals surface area contributed by atoms with Crippen LogP contribution in [0.25, 0.3) is 0 Å². The Balaban J connectivity index is 3.36. The van der Waals surface area contributed by atoms with Crippen molar-refractivity contribution in [1.82, 2.24) is 0 Å². The van der Waals surface area contributed by atoms with Crippen LogP contribution in [0.15, 0.2) is 16.5 Å². The third-order valence-corrected chi connectivity index (χ3v) is 4.21. The molecule has 10 heteroatoms. The van der Waals surface area contributed by atoms with E-state index in [1.807, 2.05) is 0 Å². The molecule has 0 aromatic heterocycles. The van der Waals surface area contributed by atoms with Gasteiger partial charge in [0.1, 0.15) is 16.1 Å². The first-order valence-electron chi connectivity index (χ1n) is 6.17. The maximum atomic E-state index is 14.4. The molecule has 0 unspecified atom stereocenters. The second-order valence-electron chi connectivity index (χ2n) is 5.29. The predicted octanol–water partition coefficient (Wildman–Crippen LogP) is 3.52. The van der Waals surface area contributed by atoms with E-state index in [9.17, 15) is 18.5 Å². The molecule has 0 spiro atoms. The molecule has 0 saturated heterocycles. The quantitative estimate of drug-likeness (QED) is 0.629. The second-order valence-corrected chi connectivity index (χ2v) is 7.63. The van der Waals surface area contributed by atoms with E-state index in [1.54, 1.807) is 20.8 Å². The molecule has 0 aliphatic rings. The lowest BCUT2D eigenvalue weighted by atomic mass is 10.2. The van der Waals surface area contributed by atoms with E-state index >= 15 is 0 Å². The highest BCUT2D eigenvalue weighted by atomic mass is 35.5. The minimum absolute atomic E-state index is 0.128. The average molecular weight is 365 g/mol. The van der Waals surface area contributed by atoms with Gasteiger partial charge in [-0.15, -0.1) is 0 Å². The van der Waals surface area contributed by atoms with Crippen molar-refractivity contribution in [3.63, 3.8) is 0 Å². The van der Waals surface area contributed by atoms with Gasteiger partial charge in [-0.1, -0.05) is 16.0 Å². The molecule has 0 aliphatic heterocycles. The van der Waals surface area contributed by atoms with Crippen LogP contribution in [-0.2, 0) is 11.4 Å². The second kappa shape index (κ2) is 7.16. The number of rotatable bonds is 3. The van der Waals surface area contributed by atoms with E-state index in [2.05, 4.69) is 4.40 Å². The Kier molecular flexibility index (Phi) is 5.98. The Morgan fingerprint density at radius 1 is 1.35 bits per heavy atom. The highest BCUT2D eigenvalue weighted by molar-refractivity contribution is 7.91. The zero-order chi connectivity index (χ0) is 17.9. The first kappa shape index (κ1) is 19.2. The fraction of sp³-hybridized carbons (Fsp3) is 0.308. The first-order chi connectivity index (χ1) is 10.5. The van der Waals surface area contributed by atoms with Crippen molar-refractivity contribution in [2.75, 3.05) is 4.90 Å². The normalized spacial score (nSPS) is 13.1. The van der Waals surface area contributed by atoms with Crippen LogP contribution in [0.1, 0.15) is 26.3 Å². The fourth-order valence-corrected chi connectivity index (χ4v) is 2.11. The van der Waals surface area contributed by atoms with Crippen LogP contribution in [0.3, 0.4) is 0 Å². The molecule has 1 rings (SSSR count). The van der Waals surface area contributed by atoms with Crippen LogP contribution >= 0.6 is 11.6 Å². The van der Waals surface area contributed by atoms with Gasteiger partial charge in [0.2, 0.25) is 0 Å². The summed E-state index contributed by atoms with van der Waals surface area (Å²) in [5.41, 5.74) is -1.08. The summed E-state index contributed by atoms with van der Waals surface area (Å²) in [7, 11) is 0. The monoisotopic (exact) mass is 364 g/mol. The summed E-state index contributed by atoms with van der Waals surface area (Å²) in [5.74, 6) is -1.20.